The Hall–Kier alpha value is -1.10. The van der Waals surface area contributed by atoms with E-state index in [4.69, 9.17) is 16.3 Å². The molecule has 100 valence electrons. The molecule has 2 N–H and O–H groups in total. The van der Waals surface area contributed by atoms with Crippen LogP contribution in [0.2, 0.25) is 5.02 Å². The quantitative estimate of drug-likeness (QED) is 0.805. The molecule has 0 heterocycles. The summed E-state index contributed by atoms with van der Waals surface area (Å²) in [6, 6.07) is 5.16. The van der Waals surface area contributed by atoms with Gasteiger partial charge in [-0.05, 0) is 25.5 Å². The maximum Gasteiger partial charge on any atom is 0.308 e. The fraction of sp³-hybridized carbons (Fsp3) is 0.462. The van der Waals surface area contributed by atoms with Crippen molar-refractivity contribution in [1.29, 1.82) is 0 Å². The van der Waals surface area contributed by atoms with Crippen LogP contribution in [0, 0.1) is 6.92 Å². The van der Waals surface area contributed by atoms with Crippen LogP contribution < -0.4 is 0 Å². The molecule has 1 rings (SSSR count). The molecule has 4 nitrogen and oxygen atoms in total. The van der Waals surface area contributed by atoms with Gasteiger partial charge in [0.25, 0.3) is 0 Å². The largest absolute Gasteiger partial charge is 0.466 e. The molecule has 0 saturated heterocycles. The van der Waals surface area contributed by atoms with E-state index in [9.17, 15) is 15.0 Å². The molecule has 0 aliphatic heterocycles. The van der Waals surface area contributed by atoms with Gasteiger partial charge in [0.2, 0.25) is 0 Å². The molecule has 2 atom stereocenters. The Bertz CT molecular complexity index is 399. The van der Waals surface area contributed by atoms with E-state index >= 15 is 0 Å². The number of hydrogen-bond acceptors (Lipinski definition) is 4. The van der Waals surface area contributed by atoms with Crippen LogP contribution in [0.15, 0.2) is 18.2 Å². The van der Waals surface area contributed by atoms with Gasteiger partial charge in [0.1, 0.15) is 6.10 Å². The molecule has 0 aromatic heterocycles. The predicted molar refractivity (Wildman–Crippen MR) is 68.4 cm³/mol. The number of hydrogen-bond donors (Lipinski definition) is 2. The van der Waals surface area contributed by atoms with Crippen LogP contribution in [0.1, 0.15) is 30.6 Å². The molecule has 0 spiro atoms. The van der Waals surface area contributed by atoms with E-state index in [1.165, 1.54) is 0 Å². The van der Waals surface area contributed by atoms with Crippen LogP contribution >= 0.6 is 11.6 Å². The van der Waals surface area contributed by atoms with Crippen LogP contribution in [-0.2, 0) is 9.53 Å². The third-order valence-electron chi connectivity index (χ3n) is 2.61. The fourth-order valence-corrected chi connectivity index (χ4v) is 2.05. The smallest absolute Gasteiger partial charge is 0.308 e. The summed E-state index contributed by atoms with van der Waals surface area (Å²) in [6.07, 6.45) is -2.70. The first kappa shape index (κ1) is 15.0. The predicted octanol–water partition coefficient (Wildman–Crippen LogP) is 2.00. The Morgan fingerprint density at radius 2 is 2.11 bits per heavy atom. The van der Waals surface area contributed by atoms with Crippen molar-refractivity contribution in [3.8, 4) is 0 Å². The summed E-state index contributed by atoms with van der Waals surface area (Å²) < 4.78 is 4.72. The zero-order valence-corrected chi connectivity index (χ0v) is 11.1. The van der Waals surface area contributed by atoms with E-state index in [-0.39, 0.29) is 13.0 Å². The van der Waals surface area contributed by atoms with Crippen LogP contribution in [0.5, 0.6) is 0 Å². The van der Waals surface area contributed by atoms with E-state index < -0.39 is 18.2 Å². The summed E-state index contributed by atoms with van der Waals surface area (Å²) in [5, 5.41) is 20.2. The summed E-state index contributed by atoms with van der Waals surface area (Å²) in [5.74, 6) is -0.547. The van der Waals surface area contributed by atoms with Gasteiger partial charge in [0, 0.05) is 10.6 Å². The molecule has 0 saturated carbocycles. The van der Waals surface area contributed by atoms with Gasteiger partial charge in [0.15, 0.2) is 0 Å². The average molecular weight is 273 g/mol. The Morgan fingerprint density at radius 1 is 1.44 bits per heavy atom. The highest BCUT2D eigenvalue weighted by Gasteiger charge is 2.25. The van der Waals surface area contributed by atoms with Crippen LogP contribution in [0.3, 0.4) is 0 Å². The lowest BCUT2D eigenvalue weighted by Crippen LogP contribution is -2.24. The number of aryl methyl sites for hydroxylation is 1. The average Bonchev–Trinajstić information content (AvgIpc) is 2.28. The monoisotopic (exact) mass is 272 g/mol. The topological polar surface area (TPSA) is 66.8 Å². The van der Waals surface area contributed by atoms with Crippen molar-refractivity contribution in [2.45, 2.75) is 32.5 Å². The number of rotatable bonds is 5. The zero-order valence-electron chi connectivity index (χ0n) is 10.4. The van der Waals surface area contributed by atoms with Crippen LogP contribution in [0.4, 0.5) is 0 Å². The molecule has 1 aromatic carbocycles. The first-order valence-electron chi connectivity index (χ1n) is 5.74. The number of benzene rings is 1. The molecular weight excluding hydrogens is 256 g/mol. The lowest BCUT2D eigenvalue weighted by molar-refractivity contribution is -0.147. The van der Waals surface area contributed by atoms with E-state index in [1.807, 2.05) is 0 Å². The number of esters is 1. The van der Waals surface area contributed by atoms with E-state index in [2.05, 4.69) is 0 Å². The lowest BCUT2D eigenvalue weighted by atomic mass is 9.98. The van der Waals surface area contributed by atoms with Crippen molar-refractivity contribution in [2.24, 2.45) is 0 Å². The number of carbonyl (C=O) groups is 1. The molecule has 0 aliphatic carbocycles. The molecule has 0 amide bonds. The maximum absolute atomic E-state index is 11.2. The van der Waals surface area contributed by atoms with Crippen LogP contribution in [0.25, 0.3) is 0 Å². The van der Waals surface area contributed by atoms with Crippen molar-refractivity contribution >= 4 is 17.6 Å². The normalized spacial score (nSPS) is 14.1. The molecule has 2 unspecified atom stereocenters. The molecule has 0 aliphatic rings. The number of halogens is 1. The van der Waals surface area contributed by atoms with Crippen molar-refractivity contribution in [1.82, 2.24) is 0 Å². The van der Waals surface area contributed by atoms with Crippen molar-refractivity contribution < 1.29 is 19.7 Å². The first-order chi connectivity index (χ1) is 8.47. The summed E-state index contributed by atoms with van der Waals surface area (Å²) >= 11 is 5.98. The minimum absolute atomic E-state index is 0.243. The van der Waals surface area contributed by atoms with Gasteiger partial charge in [0.05, 0.1) is 19.1 Å². The van der Waals surface area contributed by atoms with Gasteiger partial charge in [-0.1, -0.05) is 23.7 Å². The lowest BCUT2D eigenvalue weighted by Gasteiger charge is -2.20. The number of aliphatic hydroxyl groups excluding tert-OH is 2. The summed E-state index contributed by atoms with van der Waals surface area (Å²) in [6.45, 7) is 3.70. The second-order valence-electron chi connectivity index (χ2n) is 3.99. The number of carbonyl (C=O) groups excluding carboxylic acids is 1. The van der Waals surface area contributed by atoms with E-state index in [1.54, 1.807) is 32.0 Å². The maximum atomic E-state index is 11.2. The highest BCUT2D eigenvalue weighted by molar-refractivity contribution is 6.31. The number of ether oxygens (including phenoxy) is 1. The SMILES string of the molecule is CCOC(=O)CC(O)C(O)c1c(C)cccc1Cl. The second kappa shape index (κ2) is 6.73. The fourth-order valence-electron chi connectivity index (χ4n) is 1.71. The third-order valence-corrected chi connectivity index (χ3v) is 2.94. The standard InChI is InChI=1S/C13H17ClO4/c1-3-18-11(16)7-10(15)13(17)12-8(2)5-4-6-9(12)14/h4-6,10,13,15,17H,3,7H2,1-2H3. The minimum Gasteiger partial charge on any atom is -0.466 e. The molecule has 5 heteroatoms. The van der Waals surface area contributed by atoms with Crippen molar-refractivity contribution in [2.75, 3.05) is 6.61 Å². The summed E-state index contributed by atoms with van der Waals surface area (Å²) in [7, 11) is 0. The molecular formula is C13H17ClO4. The highest BCUT2D eigenvalue weighted by Crippen LogP contribution is 2.29. The summed E-state index contributed by atoms with van der Waals surface area (Å²) in [4.78, 5) is 11.2. The highest BCUT2D eigenvalue weighted by atomic mass is 35.5. The van der Waals surface area contributed by atoms with Gasteiger partial charge < -0.3 is 14.9 Å². The second-order valence-corrected chi connectivity index (χ2v) is 4.40. The van der Waals surface area contributed by atoms with Gasteiger partial charge in [-0.25, -0.2) is 0 Å². The van der Waals surface area contributed by atoms with Crippen molar-refractivity contribution in [3.63, 3.8) is 0 Å². The van der Waals surface area contributed by atoms with Crippen LogP contribution in [-0.4, -0.2) is 28.9 Å². The Morgan fingerprint density at radius 3 is 2.67 bits per heavy atom. The Kier molecular flexibility index (Phi) is 5.59. The summed E-state index contributed by atoms with van der Waals surface area (Å²) in [5.41, 5.74) is 1.20. The van der Waals surface area contributed by atoms with E-state index in [0.717, 1.165) is 5.56 Å². The Balaban J connectivity index is 2.80. The van der Waals surface area contributed by atoms with Gasteiger partial charge in [-0.2, -0.15) is 0 Å². The third kappa shape index (κ3) is 3.70. The molecule has 18 heavy (non-hydrogen) atoms. The van der Waals surface area contributed by atoms with Gasteiger partial charge >= 0.3 is 5.97 Å². The minimum atomic E-state index is -1.23. The van der Waals surface area contributed by atoms with Gasteiger partial charge in [-0.3, -0.25) is 4.79 Å². The number of aliphatic hydroxyl groups is 2. The van der Waals surface area contributed by atoms with Crippen molar-refractivity contribution in [3.05, 3.63) is 34.3 Å². The van der Waals surface area contributed by atoms with Gasteiger partial charge in [-0.15, -0.1) is 0 Å². The zero-order chi connectivity index (χ0) is 13.7. The molecule has 0 bridgehead atoms. The molecule has 0 radical (unpaired) electrons. The van der Waals surface area contributed by atoms with E-state index in [0.29, 0.717) is 10.6 Å². The molecule has 1 aromatic rings. The molecule has 0 fully saturated rings. The first-order valence-corrected chi connectivity index (χ1v) is 6.12. The Labute approximate surface area is 111 Å².